The smallest absolute Gasteiger partial charge is 0.191 e. The maximum atomic E-state index is 6.49. The topological polar surface area (TPSA) is 68.0 Å². The van der Waals surface area contributed by atoms with Crippen LogP contribution >= 0.6 is 24.0 Å². The van der Waals surface area contributed by atoms with Crippen LogP contribution < -0.4 is 15.4 Å². The van der Waals surface area contributed by atoms with Crippen molar-refractivity contribution in [2.24, 2.45) is 4.99 Å². The molecule has 2 aliphatic rings. The molecule has 1 fully saturated rings. The first-order valence-corrected chi connectivity index (χ1v) is 10.6. The summed E-state index contributed by atoms with van der Waals surface area (Å²) in [5.74, 6) is 2.78. The van der Waals surface area contributed by atoms with Gasteiger partial charge in [-0.05, 0) is 43.9 Å². The van der Waals surface area contributed by atoms with Gasteiger partial charge in [0, 0.05) is 32.1 Å². The Morgan fingerprint density at radius 2 is 2.03 bits per heavy atom. The van der Waals surface area contributed by atoms with E-state index in [1.807, 2.05) is 12.1 Å². The van der Waals surface area contributed by atoms with Gasteiger partial charge in [-0.1, -0.05) is 18.2 Å². The van der Waals surface area contributed by atoms with Crippen molar-refractivity contribution in [3.8, 4) is 5.75 Å². The molecule has 4 rings (SSSR count). The molecular weight excluding hydrogens is 493 g/mol. The third-order valence-electron chi connectivity index (χ3n) is 5.83. The average Bonchev–Trinajstić information content (AvgIpc) is 3.40. The van der Waals surface area contributed by atoms with Crippen LogP contribution in [0.4, 0.5) is 0 Å². The molecule has 7 heteroatoms. The largest absolute Gasteiger partial charge is 0.487 e. The minimum Gasteiger partial charge on any atom is -0.487 e. The summed E-state index contributed by atoms with van der Waals surface area (Å²) >= 11 is 0. The molecule has 1 aliphatic carbocycles. The van der Waals surface area contributed by atoms with Crippen LogP contribution in [0.2, 0.25) is 0 Å². The van der Waals surface area contributed by atoms with Gasteiger partial charge in [-0.3, -0.25) is 4.99 Å². The van der Waals surface area contributed by atoms with Crippen LogP contribution in [0, 0.1) is 0 Å². The van der Waals surface area contributed by atoms with E-state index in [9.17, 15) is 0 Å². The van der Waals surface area contributed by atoms with Crippen LogP contribution in [0.3, 0.4) is 0 Å². The summed E-state index contributed by atoms with van der Waals surface area (Å²) in [5.41, 5.74) is 1.16. The monoisotopic (exact) mass is 525 g/mol. The number of nitrogens with one attached hydrogen (secondary N) is 2. The van der Waals surface area contributed by atoms with Gasteiger partial charge in [-0.2, -0.15) is 0 Å². The van der Waals surface area contributed by atoms with E-state index < -0.39 is 0 Å². The van der Waals surface area contributed by atoms with Crippen LogP contribution in [0.5, 0.6) is 5.75 Å². The molecule has 164 valence electrons. The van der Waals surface area contributed by atoms with Crippen molar-refractivity contribution in [1.82, 2.24) is 10.6 Å². The maximum Gasteiger partial charge on any atom is 0.191 e. The van der Waals surface area contributed by atoms with Crippen molar-refractivity contribution in [2.75, 3.05) is 26.8 Å². The molecule has 0 saturated heterocycles. The van der Waals surface area contributed by atoms with Gasteiger partial charge in [0.2, 0.25) is 0 Å². The number of halogens is 1. The molecule has 0 radical (unpaired) electrons. The summed E-state index contributed by atoms with van der Waals surface area (Å²) in [4.78, 5) is 4.71. The Labute approximate surface area is 195 Å². The van der Waals surface area contributed by atoms with E-state index in [1.165, 1.54) is 18.4 Å². The van der Waals surface area contributed by atoms with Gasteiger partial charge in [-0.15, -0.1) is 24.0 Å². The molecule has 2 heterocycles. The van der Waals surface area contributed by atoms with Crippen LogP contribution in [0.1, 0.15) is 49.5 Å². The van der Waals surface area contributed by atoms with Crippen molar-refractivity contribution >= 4 is 29.9 Å². The maximum absolute atomic E-state index is 6.49. The second kappa shape index (κ2) is 11.0. The zero-order valence-electron chi connectivity index (χ0n) is 17.6. The number of fused-ring (bicyclic) bond motifs is 1. The molecule has 1 atom stereocenters. The highest BCUT2D eigenvalue weighted by molar-refractivity contribution is 14.0. The van der Waals surface area contributed by atoms with E-state index in [2.05, 4.69) is 34.9 Å². The lowest BCUT2D eigenvalue weighted by Crippen LogP contribution is -2.47. The van der Waals surface area contributed by atoms with Crippen molar-refractivity contribution in [2.45, 2.75) is 50.2 Å². The number of nitrogens with zero attached hydrogens (tertiary/aromatic N) is 1. The van der Waals surface area contributed by atoms with E-state index in [1.54, 1.807) is 13.4 Å². The molecular formula is C23H32IN3O3. The van der Waals surface area contributed by atoms with Gasteiger partial charge in [0.15, 0.2) is 5.96 Å². The Bertz CT molecular complexity index is 804. The number of aliphatic imine (C=N–C) groups is 1. The fourth-order valence-corrected chi connectivity index (χ4v) is 4.40. The summed E-state index contributed by atoms with van der Waals surface area (Å²) in [6.07, 6.45) is 8.22. The number of hydrogen-bond donors (Lipinski definition) is 2. The molecule has 0 bridgehead atoms. The van der Waals surface area contributed by atoms with Gasteiger partial charge in [0.05, 0.1) is 25.5 Å². The predicted molar refractivity (Wildman–Crippen MR) is 129 cm³/mol. The second-order valence-corrected chi connectivity index (χ2v) is 7.91. The summed E-state index contributed by atoms with van der Waals surface area (Å²) in [5, 5.41) is 7.13. The number of hydrogen-bond acceptors (Lipinski definition) is 4. The lowest BCUT2D eigenvalue weighted by Gasteiger charge is -2.40. The Morgan fingerprint density at radius 1 is 1.20 bits per heavy atom. The van der Waals surface area contributed by atoms with Gasteiger partial charge in [0.1, 0.15) is 17.1 Å². The molecule has 30 heavy (non-hydrogen) atoms. The SMILES string of the molecule is COCCN=C(NCCc1ccco1)NC1CC2(CCCC2)Oc2ccccc21.I. The van der Waals surface area contributed by atoms with E-state index in [-0.39, 0.29) is 35.6 Å². The third-order valence-corrected chi connectivity index (χ3v) is 5.83. The summed E-state index contributed by atoms with van der Waals surface area (Å²) in [6, 6.07) is 12.5. The zero-order valence-corrected chi connectivity index (χ0v) is 19.9. The van der Waals surface area contributed by atoms with Crippen molar-refractivity contribution in [1.29, 1.82) is 0 Å². The number of guanidine groups is 1. The van der Waals surface area contributed by atoms with Crippen molar-refractivity contribution < 1.29 is 13.9 Å². The highest BCUT2D eigenvalue weighted by Gasteiger charge is 2.43. The second-order valence-electron chi connectivity index (χ2n) is 7.91. The van der Waals surface area contributed by atoms with E-state index in [0.717, 1.165) is 49.7 Å². The molecule has 6 nitrogen and oxygen atoms in total. The minimum atomic E-state index is -0.0438. The van der Waals surface area contributed by atoms with Gasteiger partial charge < -0.3 is 24.5 Å². The lowest BCUT2D eigenvalue weighted by atomic mass is 9.86. The Hall–Kier alpha value is -1.74. The minimum absolute atomic E-state index is 0. The molecule has 2 aromatic rings. The normalized spacial score (nSPS) is 19.6. The highest BCUT2D eigenvalue weighted by atomic mass is 127. The van der Waals surface area contributed by atoms with E-state index in [0.29, 0.717) is 13.2 Å². The molecule has 1 aromatic carbocycles. The zero-order chi connectivity index (χ0) is 19.9. The summed E-state index contributed by atoms with van der Waals surface area (Å²) in [6.45, 7) is 1.96. The number of ether oxygens (including phenoxy) is 2. The summed E-state index contributed by atoms with van der Waals surface area (Å²) in [7, 11) is 1.70. The van der Waals surface area contributed by atoms with Crippen molar-refractivity contribution in [3.63, 3.8) is 0 Å². The standard InChI is InChI=1S/C23H31N3O3.HI/c1-27-16-14-25-22(24-13-10-18-7-6-15-28-18)26-20-17-23(11-4-5-12-23)29-21-9-3-2-8-19(20)21;/h2-3,6-9,15,20H,4-5,10-14,16-17H2,1H3,(H2,24,25,26);1H. The Balaban J connectivity index is 0.00000256. The van der Waals surface area contributed by atoms with Gasteiger partial charge in [0.25, 0.3) is 0 Å². The number of furan rings is 1. The van der Waals surface area contributed by atoms with Crippen molar-refractivity contribution in [3.05, 3.63) is 54.0 Å². The first kappa shape index (κ1) is 22.9. The average molecular weight is 525 g/mol. The first-order valence-electron chi connectivity index (χ1n) is 10.6. The molecule has 1 unspecified atom stereocenters. The fourth-order valence-electron chi connectivity index (χ4n) is 4.40. The molecule has 1 aromatic heterocycles. The summed E-state index contributed by atoms with van der Waals surface area (Å²) < 4.78 is 17.1. The molecule has 1 spiro atoms. The van der Waals surface area contributed by atoms with Crippen LogP contribution in [0.15, 0.2) is 52.1 Å². The van der Waals surface area contributed by atoms with E-state index in [4.69, 9.17) is 18.9 Å². The number of benzene rings is 1. The first-order chi connectivity index (χ1) is 14.3. The Morgan fingerprint density at radius 3 is 2.80 bits per heavy atom. The van der Waals surface area contributed by atoms with Crippen LogP contribution in [-0.2, 0) is 11.2 Å². The molecule has 1 saturated carbocycles. The molecule has 1 aliphatic heterocycles. The van der Waals surface area contributed by atoms with E-state index >= 15 is 0 Å². The van der Waals surface area contributed by atoms with Crippen LogP contribution in [0.25, 0.3) is 0 Å². The third kappa shape index (κ3) is 5.69. The number of methoxy groups -OCH3 is 1. The molecule has 2 N–H and O–H groups in total. The fraction of sp³-hybridized carbons (Fsp3) is 0.522. The van der Waals surface area contributed by atoms with Gasteiger partial charge in [-0.25, -0.2) is 0 Å². The van der Waals surface area contributed by atoms with Gasteiger partial charge >= 0.3 is 0 Å². The molecule has 0 amide bonds. The van der Waals surface area contributed by atoms with Crippen LogP contribution in [-0.4, -0.2) is 38.4 Å². The number of rotatable bonds is 7. The predicted octanol–water partition coefficient (Wildman–Crippen LogP) is 4.46. The highest BCUT2D eigenvalue weighted by Crippen LogP contribution is 2.46. The Kier molecular flexibility index (Phi) is 8.44. The lowest BCUT2D eigenvalue weighted by molar-refractivity contribution is 0.0396. The number of para-hydroxylation sites is 1. The quantitative estimate of drug-likeness (QED) is 0.242.